The highest BCUT2D eigenvalue weighted by molar-refractivity contribution is 5.83. The summed E-state index contributed by atoms with van der Waals surface area (Å²) in [5.41, 5.74) is 5.78. The first kappa shape index (κ1) is 13.9. The SMILES string of the molecule is NC(=NCc1cccc(C(F)(F)F)c1)C1CCCC1. The first-order chi connectivity index (χ1) is 8.97. The maximum Gasteiger partial charge on any atom is 0.416 e. The minimum atomic E-state index is -4.31. The van der Waals surface area contributed by atoms with Crippen LogP contribution < -0.4 is 5.73 Å². The summed E-state index contributed by atoms with van der Waals surface area (Å²) in [6.07, 6.45) is 0.0848. The number of aliphatic imine (C=N–C) groups is 1. The van der Waals surface area contributed by atoms with Crippen LogP contribution in [0.5, 0.6) is 0 Å². The Balaban J connectivity index is 2.05. The number of nitrogens with two attached hydrogens (primary N) is 1. The lowest BCUT2D eigenvalue weighted by Gasteiger charge is -2.10. The minimum absolute atomic E-state index is 0.215. The van der Waals surface area contributed by atoms with Gasteiger partial charge in [-0.05, 0) is 30.5 Å². The molecule has 1 saturated carbocycles. The van der Waals surface area contributed by atoms with E-state index < -0.39 is 11.7 Å². The number of alkyl halides is 3. The Hall–Kier alpha value is -1.52. The molecule has 1 aliphatic carbocycles. The number of rotatable bonds is 3. The lowest BCUT2D eigenvalue weighted by Crippen LogP contribution is -2.21. The van der Waals surface area contributed by atoms with E-state index >= 15 is 0 Å². The van der Waals surface area contributed by atoms with Crippen LogP contribution in [0.4, 0.5) is 13.2 Å². The normalized spacial score (nSPS) is 17.9. The van der Waals surface area contributed by atoms with E-state index in [1.165, 1.54) is 6.07 Å². The van der Waals surface area contributed by atoms with Crippen LogP contribution in [0.15, 0.2) is 29.3 Å². The van der Waals surface area contributed by atoms with E-state index in [0.717, 1.165) is 37.8 Å². The Morgan fingerprint density at radius 3 is 2.58 bits per heavy atom. The van der Waals surface area contributed by atoms with Gasteiger partial charge >= 0.3 is 6.18 Å². The fourth-order valence-electron chi connectivity index (χ4n) is 2.38. The van der Waals surface area contributed by atoms with Crippen molar-refractivity contribution in [3.63, 3.8) is 0 Å². The van der Waals surface area contributed by atoms with Gasteiger partial charge in [-0.2, -0.15) is 13.2 Å². The predicted molar refractivity (Wildman–Crippen MR) is 68.7 cm³/mol. The highest BCUT2D eigenvalue weighted by Gasteiger charge is 2.30. The van der Waals surface area contributed by atoms with Crippen molar-refractivity contribution in [1.29, 1.82) is 0 Å². The van der Waals surface area contributed by atoms with Crippen LogP contribution in [-0.4, -0.2) is 5.84 Å². The second kappa shape index (κ2) is 5.63. The largest absolute Gasteiger partial charge is 0.416 e. The van der Waals surface area contributed by atoms with Gasteiger partial charge in [0.2, 0.25) is 0 Å². The van der Waals surface area contributed by atoms with Crippen LogP contribution in [0.2, 0.25) is 0 Å². The highest BCUT2D eigenvalue weighted by atomic mass is 19.4. The summed E-state index contributed by atoms with van der Waals surface area (Å²) in [7, 11) is 0. The van der Waals surface area contributed by atoms with Crippen molar-refractivity contribution in [3.8, 4) is 0 Å². The molecule has 0 aliphatic heterocycles. The molecule has 19 heavy (non-hydrogen) atoms. The van der Waals surface area contributed by atoms with Gasteiger partial charge in [0.05, 0.1) is 17.9 Å². The first-order valence-corrected chi connectivity index (χ1v) is 6.43. The summed E-state index contributed by atoms with van der Waals surface area (Å²) in [6.45, 7) is 0.215. The summed E-state index contributed by atoms with van der Waals surface area (Å²) in [6, 6.07) is 5.24. The van der Waals surface area contributed by atoms with Crippen LogP contribution in [0.3, 0.4) is 0 Å². The molecule has 104 valence electrons. The Kier molecular flexibility index (Phi) is 4.12. The molecule has 0 aromatic heterocycles. The van der Waals surface area contributed by atoms with E-state index in [-0.39, 0.29) is 6.54 Å². The third-order valence-electron chi connectivity index (χ3n) is 3.47. The lowest BCUT2D eigenvalue weighted by atomic mass is 10.1. The van der Waals surface area contributed by atoms with Crippen molar-refractivity contribution in [2.45, 2.75) is 38.4 Å². The van der Waals surface area contributed by atoms with E-state index in [0.29, 0.717) is 17.3 Å². The lowest BCUT2D eigenvalue weighted by molar-refractivity contribution is -0.137. The summed E-state index contributed by atoms with van der Waals surface area (Å²) >= 11 is 0. The van der Waals surface area contributed by atoms with E-state index in [1.54, 1.807) is 6.07 Å². The Morgan fingerprint density at radius 1 is 1.26 bits per heavy atom. The predicted octanol–water partition coefficient (Wildman–Crippen LogP) is 3.75. The van der Waals surface area contributed by atoms with Crippen LogP contribution in [0, 0.1) is 5.92 Å². The topological polar surface area (TPSA) is 38.4 Å². The number of amidine groups is 1. The zero-order valence-corrected chi connectivity index (χ0v) is 10.6. The molecule has 0 spiro atoms. The third-order valence-corrected chi connectivity index (χ3v) is 3.47. The molecule has 0 unspecified atom stereocenters. The number of hydrogen-bond donors (Lipinski definition) is 1. The molecule has 5 heteroatoms. The van der Waals surface area contributed by atoms with Gasteiger partial charge in [0, 0.05) is 5.92 Å². The number of nitrogens with zero attached hydrogens (tertiary/aromatic N) is 1. The van der Waals surface area contributed by atoms with Gasteiger partial charge in [-0.3, -0.25) is 4.99 Å². The van der Waals surface area contributed by atoms with Gasteiger partial charge in [-0.15, -0.1) is 0 Å². The second-order valence-electron chi connectivity index (χ2n) is 4.92. The zero-order chi connectivity index (χ0) is 13.9. The van der Waals surface area contributed by atoms with Gasteiger partial charge in [-0.25, -0.2) is 0 Å². The van der Waals surface area contributed by atoms with Gasteiger partial charge < -0.3 is 5.73 Å². The molecule has 1 aromatic carbocycles. The van der Waals surface area contributed by atoms with Crippen molar-refractivity contribution < 1.29 is 13.2 Å². The fraction of sp³-hybridized carbons (Fsp3) is 0.500. The molecule has 0 bridgehead atoms. The van der Waals surface area contributed by atoms with Gasteiger partial charge in [-0.1, -0.05) is 25.0 Å². The van der Waals surface area contributed by atoms with Crippen molar-refractivity contribution in [1.82, 2.24) is 0 Å². The first-order valence-electron chi connectivity index (χ1n) is 6.43. The van der Waals surface area contributed by atoms with Gasteiger partial charge in [0.25, 0.3) is 0 Å². The summed E-state index contributed by atoms with van der Waals surface area (Å²) in [5, 5.41) is 0. The average molecular weight is 270 g/mol. The zero-order valence-electron chi connectivity index (χ0n) is 10.6. The van der Waals surface area contributed by atoms with Crippen molar-refractivity contribution in [2.24, 2.45) is 16.6 Å². The summed E-state index contributed by atoms with van der Waals surface area (Å²) in [5.74, 6) is 0.890. The molecule has 0 saturated heterocycles. The second-order valence-corrected chi connectivity index (χ2v) is 4.92. The molecule has 0 atom stereocenters. The van der Waals surface area contributed by atoms with Crippen LogP contribution in [0.1, 0.15) is 36.8 Å². The standard InChI is InChI=1S/C14H17F3N2/c15-14(16,17)12-7-3-4-10(8-12)9-19-13(18)11-5-1-2-6-11/h3-4,7-8,11H,1-2,5-6,9H2,(H2,18,19). The van der Waals surface area contributed by atoms with E-state index in [2.05, 4.69) is 4.99 Å². The monoisotopic (exact) mass is 270 g/mol. The molecule has 1 fully saturated rings. The fourth-order valence-corrected chi connectivity index (χ4v) is 2.38. The molecule has 0 heterocycles. The summed E-state index contributed by atoms with van der Waals surface area (Å²) in [4.78, 5) is 4.23. The molecule has 1 aromatic rings. The molecule has 0 amide bonds. The highest BCUT2D eigenvalue weighted by Crippen LogP contribution is 2.30. The molecule has 2 rings (SSSR count). The van der Waals surface area contributed by atoms with Gasteiger partial charge in [0.15, 0.2) is 0 Å². The van der Waals surface area contributed by atoms with Crippen LogP contribution >= 0.6 is 0 Å². The molecule has 1 aliphatic rings. The van der Waals surface area contributed by atoms with E-state index in [9.17, 15) is 13.2 Å². The maximum absolute atomic E-state index is 12.6. The minimum Gasteiger partial charge on any atom is -0.387 e. The summed E-state index contributed by atoms with van der Waals surface area (Å²) < 4.78 is 37.7. The number of halogens is 3. The Labute approximate surface area is 110 Å². The molecule has 0 radical (unpaired) electrons. The molecule has 2 N–H and O–H groups in total. The molecular weight excluding hydrogens is 253 g/mol. The van der Waals surface area contributed by atoms with E-state index in [1.807, 2.05) is 0 Å². The Morgan fingerprint density at radius 2 is 1.95 bits per heavy atom. The van der Waals surface area contributed by atoms with Crippen LogP contribution in [-0.2, 0) is 12.7 Å². The molecular formula is C14H17F3N2. The van der Waals surface area contributed by atoms with Crippen molar-refractivity contribution >= 4 is 5.84 Å². The van der Waals surface area contributed by atoms with Crippen molar-refractivity contribution in [3.05, 3.63) is 35.4 Å². The number of benzene rings is 1. The van der Waals surface area contributed by atoms with Crippen LogP contribution in [0.25, 0.3) is 0 Å². The van der Waals surface area contributed by atoms with Gasteiger partial charge in [0.1, 0.15) is 0 Å². The Bertz CT molecular complexity index is 460. The molecule has 2 nitrogen and oxygen atoms in total. The van der Waals surface area contributed by atoms with E-state index in [4.69, 9.17) is 5.73 Å². The number of hydrogen-bond acceptors (Lipinski definition) is 1. The smallest absolute Gasteiger partial charge is 0.387 e. The third kappa shape index (κ3) is 3.72. The van der Waals surface area contributed by atoms with Crippen molar-refractivity contribution in [2.75, 3.05) is 0 Å². The maximum atomic E-state index is 12.6. The average Bonchev–Trinajstić information content (AvgIpc) is 2.89. The quantitative estimate of drug-likeness (QED) is 0.659.